The van der Waals surface area contributed by atoms with Gasteiger partial charge in [0.05, 0.1) is 16.8 Å². The molecule has 2 aliphatic rings. The maximum atomic E-state index is 14.1. The SMILES string of the molecule is CC1CN(c2ncnc3c2c(N2CCCC2=O)cn3-c2cc(F)c(F)c(F)c2)CCN1C(=O)OC(C)(C)C. The molecular formula is C26H29F3N6O3. The third-order valence-electron chi connectivity index (χ3n) is 6.71. The standard InChI is InChI=1S/C26H29F3N6O3/c1-15-12-32(8-9-33(15)25(37)38-26(2,3)4)23-21-19(34-7-5-6-20(34)36)13-35(24(21)31-14-30-23)16-10-17(27)22(29)18(28)11-16/h10-11,13-15H,5-9,12H2,1-4H3. The Balaban J connectivity index is 1.57. The Morgan fingerprint density at radius 3 is 2.39 bits per heavy atom. The van der Waals surface area contributed by atoms with Crippen molar-refractivity contribution >= 4 is 34.5 Å². The largest absolute Gasteiger partial charge is 0.444 e. The van der Waals surface area contributed by atoms with Gasteiger partial charge >= 0.3 is 6.09 Å². The molecule has 38 heavy (non-hydrogen) atoms. The van der Waals surface area contributed by atoms with E-state index in [9.17, 15) is 22.8 Å². The fraction of sp³-hybridized carbons (Fsp3) is 0.462. The fourth-order valence-corrected chi connectivity index (χ4v) is 4.99. The molecule has 1 atom stereocenters. The van der Waals surface area contributed by atoms with Gasteiger partial charge in [0.1, 0.15) is 17.7 Å². The van der Waals surface area contributed by atoms with Gasteiger partial charge in [-0.15, -0.1) is 0 Å². The average molecular weight is 531 g/mol. The van der Waals surface area contributed by atoms with Crippen LogP contribution >= 0.6 is 0 Å². The number of aromatic nitrogens is 3. The van der Waals surface area contributed by atoms with Gasteiger partial charge < -0.3 is 19.4 Å². The first-order valence-electron chi connectivity index (χ1n) is 12.5. The second-order valence-electron chi connectivity index (χ2n) is 10.6. The van der Waals surface area contributed by atoms with Crippen LogP contribution in [-0.4, -0.2) is 69.3 Å². The lowest BCUT2D eigenvalue weighted by molar-refractivity contribution is -0.117. The Bertz CT molecular complexity index is 1400. The van der Waals surface area contributed by atoms with Crippen LogP contribution < -0.4 is 9.80 Å². The molecule has 0 spiro atoms. The Kier molecular flexibility index (Phi) is 6.44. The number of amides is 2. The summed E-state index contributed by atoms with van der Waals surface area (Å²) in [4.78, 5) is 39.6. The predicted octanol–water partition coefficient (Wildman–Crippen LogP) is 4.41. The van der Waals surface area contributed by atoms with Gasteiger partial charge in [0.25, 0.3) is 0 Å². The van der Waals surface area contributed by atoms with Crippen molar-refractivity contribution in [3.63, 3.8) is 0 Å². The van der Waals surface area contributed by atoms with Gasteiger partial charge in [0.15, 0.2) is 23.1 Å². The first-order valence-corrected chi connectivity index (χ1v) is 12.5. The van der Waals surface area contributed by atoms with Crippen LogP contribution in [0.15, 0.2) is 24.7 Å². The van der Waals surface area contributed by atoms with Gasteiger partial charge in [-0.2, -0.15) is 0 Å². The number of carbonyl (C=O) groups excluding carboxylic acids is 2. The van der Waals surface area contributed by atoms with E-state index in [4.69, 9.17) is 4.74 Å². The Morgan fingerprint density at radius 2 is 1.79 bits per heavy atom. The molecular weight excluding hydrogens is 501 g/mol. The van der Waals surface area contributed by atoms with Gasteiger partial charge in [-0.1, -0.05) is 0 Å². The zero-order chi connectivity index (χ0) is 27.4. The zero-order valence-corrected chi connectivity index (χ0v) is 21.7. The molecule has 2 aliphatic heterocycles. The average Bonchev–Trinajstić information content (AvgIpc) is 3.44. The summed E-state index contributed by atoms with van der Waals surface area (Å²) in [6.45, 7) is 9.08. The molecule has 2 fully saturated rings. The summed E-state index contributed by atoms with van der Waals surface area (Å²) in [7, 11) is 0. The van der Waals surface area contributed by atoms with E-state index in [1.54, 1.807) is 16.0 Å². The van der Waals surface area contributed by atoms with Crippen molar-refractivity contribution < 1.29 is 27.5 Å². The van der Waals surface area contributed by atoms with E-state index in [1.807, 2.05) is 32.6 Å². The highest BCUT2D eigenvalue weighted by atomic mass is 19.2. The highest BCUT2D eigenvalue weighted by molar-refractivity contribution is 6.08. The molecule has 2 saturated heterocycles. The number of nitrogens with zero attached hydrogens (tertiary/aromatic N) is 6. The Morgan fingerprint density at radius 1 is 1.08 bits per heavy atom. The molecule has 1 aromatic carbocycles. The summed E-state index contributed by atoms with van der Waals surface area (Å²) in [6, 6.07) is 1.57. The van der Waals surface area contributed by atoms with Crippen molar-refractivity contribution in [2.24, 2.45) is 0 Å². The fourth-order valence-electron chi connectivity index (χ4n) is 4.99. The monoisotopic (exact) mass is 530 g/mol. The summed E-state index contributed by atoms with van der Waals surface area (Å²) in [5.41, 5.74) is 0.228. The molecule has 202 valence electrons. The smallest absolute Gasteiger partial charge is 0.410 e. The van der Waals surface area contributed by atoms with E-state index in [1.165, 1.54) is 10.9 Å². The van der Waals surface area contributed by atoms with Crippen LogP contribution in [0.2, 0.25) is 0 Å². The molecule has 9 nitrogen and oxygen atoms in total. The molecule has 0 bridgehead atoms. The minimum Gasteiger partial charge on any atom is -0.444 e. The summed E-state index contributed by atoms with van der Waals surface area (Å²) < 4.78 is 48.9. The van der Waals surface area contributed by atoms with Crippen molar-refractivity contribution in [1.82, 2.24) is 19.4 Å². The first-order chi connectivity index (χ1) is 17.9. The van der Waals surface area contributed by atoms with Crippen molar-refractivity contribution in [2.45, 2.75) is 52.2 Å². The minimum atomic E-state index is -1.56. The van der Waals surface area contributed by atoms with E-state index in [-0.39, 0.29) is 17.6 Å². The first kappa shape index (κ1) is 25.8. The third kappa shape index (κ3) is 4.63. The van der Waals surface area contributed by atoms with E-state index >= 15 is 0 Å². The van der Waals surface area contributed by atoms with Crippen molar-refractivity contribution in [3.05, 3.63) is 42.1 Å². The van der Waals surface area contributed by atoms with Crippen LogP contribution in [0.1, 0.15) is 40.5 Å². The normalized spacial score (nSPS) is 18.6. The van der Waals surface area contributed by atoms with Gasteiger partial charge in [-0.25, -0.2) is 27.9 Å². The van der Waals surface area contributed by atoms with Crippen LogP contribution in [0.5, 0.6) is 0 Å². The molecule has 5 rings (SSSR count). The van der Waals surface area contributed by atoms with Crippen LogP contribution in [0.25, 0.3) is 16.7 Å². The summed E-state index contributed by atoms with van der Waals surface area (Å²) in [6.07, 6.45) is 3.57. The van der Waals surface area contributed by atoms with Gasteiger partial charge in [0.2, 0.25) is 5.91 Å². The number of ether oxygens (including phenoxy) is 1. The lowest BCUT2D eigenvalue weighted by atomic mass is 10.1. The molecule has 0 N–H and O–H groups in total. The zero-order valence-electron chi connectivity index (χ0n) is 21.7. The molecule has 4 heterocycles. The number of anilines is 2. The maximum Gasteiger partial charge on any atom is 0.410 e. The number of piperazine rings is 1. The molecule has 0 radical (unpaired) electrons. The molecule has 3 aromatic rings. The molecule has 0 saturated carbocycles. The summed E-state index contributed by atoms with van der Waals surface area (Å²) in [5, 5.41) is 0.533. The molecule has 2 amide bonds. The third-order valence-corrected chi connectivity index (χ3v) is 6.71. The van der Waals surface area contributed by atoms with E-state index in [0.717, 1.165) is 12.1 Å². The quantitative estimate of drug-likeness (QED) is 0.467. The summed E-state index contributed by atoms with van der Waals surface area (Å²) in [5.74, 6) is -3.78. The highest BCUT2D eigenvalue weighted by Crippen LogP contribution is 2.38. The van der Waals surface area contributed by atoms with Crippen molar-refractivity contribution in [1.29, 1.82) is 0 Å². The van der Waals surface area contributed by atoms with E-state index in [2.05, 4.69) is 9.97 Å². The topological polar surface area (TPSA) is 83.8 Å². The molecule has 1 unspecified atom stereocenters. The van der Waals surface area contributed by atoms with Crippen molar-refractivity contribution in [3.8, 4) is 5.69 Å². The Hall–Kier alpha value is -3.83. The second kappa shape index (κ2) is 9.48. The Labute approximate surface area is 217 Å². The number of carbonyl (C=O) groups is 2. The van der Waals surface area contributed by atoms with Crippen LogP contribution in [0.3, 0.4) is 0 Å². The second-order valence-corrected chi connectivity index (χ2v) is 10.6. The number of hydrogen-bond acceptors (Lipinski definition) is 6. The minimum absolute atomic E-state index is 0.0251. The van der Waals surface area contributed by atoms with Crippen LogP contribution in [0.4, 0.5) is 29.5 Å². The predicted molar refractivity (Wildman–Crippen MR) is 135 cm³/mol. The lowest BCUT2D eigenvalue weighted by Gasteiger charge is -2.40. The number of rotatable bonds is 3. The molecule has 12 heteroatoms. The van der Waals surface area contributed by atoms with Gasteiger partial charge in [-0.3, -0.25) is 9.36 Å². The van der Waals surface area contributed by atoms with Crippen LogP contribution in [-0.2, 0) is 9.53 Å². The maximum absolute atomic E-state index is 14.1. The highest BCUT2D eigenvalue weighted by Gasteiger charge is 2.34. The van der Waals surface area contributed by atoms with Gasteiger partial charge in [-0.05, 0) is 34.1 Å². The molecule has 2 aromatic heterocycles. The van der Waals surface area contributed by atoms with E-state index in [0.29, 0.717) is 61.6 Å². The molecule has 0 aliphatic carbocycles. The lowest BCUT2D eigenvalue weighted by Crippen LogP contribution is -2.55. The van der Waals surface area contributed by atoms with Crippen LogP contribution in [0, 0.1) is 17.5 Å². The van der Waals surface area contributed by atoms with Crippen molar-refractivity contribution in [2.75, 3.05) is 36.0 Å². The number of benzene rings is 1. The van der Waals surface area contributed by atoms with Gasteiger partial charge in [0, 0.05) is 57.0 Å². The number of fused-ring (bicyclic) bond motifs is 1. The summed E-state index contributed by atoms with van der Waals surface area (Å²) >= 11 is 0. The number of hydrogen-bond donors (Lipinski definition) is 0. The van der Waals surface area contributed by atoms with E-state index < -0.39 is 29.1 Å². The number of halogens is 3.